The second-order valence-electron chi connectivity index (χ2n) is 5.19. The molecule has 0 amide bonds. The predicted molar refractivity (Wildman–Crippen MR) is 76.2 cm³/mol. The predicted octanol–water partition coefficient (Wildman–Crippen LogP) is 2.97. The lowest BCUT2D eigenvalue weighted by Crippen LogP contribution is -2.48. The summed E-state index contributed by atoms with van der Waals surface area (Å²) in [4.78, 5) is 6.03. The zero-order valence-electron chi connectivity index (χ0n) is 11.4. The third-order valence-corrected chi connectivity index (χ3v) is 3.68. The van der Waals surface area contributed by atoms with E-state index in [0.29, 0.717) is 19.0 Å². The van der Waals surface area contributed by atoms with Gasteiger partial charge in [-0.05, 0) is 24.6 Å². The molecule has 1 aliphatic rings. The smallest absolute Gasteiger partial charge is 0.214 e. The number of hydrogen-bond acceptors (Lipinski definition) is 3. The van der Waals surface area contributed by atoms with Crippen molar-refractivity contribution in [1.82, 2.24) is 4.98 Å². The number of pyridine rings is 1. The molecule has 0 N–H and O–H groups in total. The summed E-state index contributed by atoms with van der Waals surface area (Å²) < 4.78 is 19.2. The number of benzene rings is 1. The van der Waals surface area contributed by atoms with Crippen LogP contribution in [0.5, 0.6) is 0 Å². The molecule has 2 aromatic rings. The average Bonchev–Trinajstić information content (AvgIpc) is 2.48. The number of aromatic nitrogens is 1. The third-order valence-electron chi connectivity index (χ3n) is 3.68. The lowest BCUT2D eigenvalue weighted by Gasteiger charge is -2.41. The molecule has 0 aliphatic carbocycles. The lowest BCUT2D eigenvalue weighted by molar-refractivity contribution is -0.0468. The van der Waals surface area contributed by atoms with E-state index in [2.05, 4.69) is 28.9 Å². The zero-order chi connectivity index (χ0) is 14.0. The summed E-state index contributed by atoms with van der Waals surface area (Å²) in [6, 6.07) is 15.0. The molecular weight excluding hydrogens is 255 g/mol. The van der Waals surface area contributed by atoms with Gasteiger partial charge >= 0.3 is 0 Å². The maximum absolute atomic E-state index is 13.3. The molecule has 3 rings (SSSR count). The number of ether oxygens (including phenoxy) is 1. The molecule has 1 aromatic heterocycles. The van der Waals surface area contributed by atoms with Crippen molar-refractivity contribution in [3.63, 3.8) is 0 Å². The van der Waals surface area contributed by atoms with Crippen molar-refractivity contribution in [1.29, 1.82) is 0 Å². The van der Waals surface area contributed by atoms with E-state index < -0.39 is 11.5 Å². The standard InChI is InChI=1S/C16H17FN2O/c1-16(13-6-3-2-4-7-13)12-19(10-11-20-16)15-9-5-8-14(17)18-15/h2-9H,10-12H2,1H3. The van der Waals surface area contributed by atoms with Crippen LogP contribution in [-0.4, -0.2) is 24.7 Å². The maximum atomic E-state index is 13.3. The van der Waals surface area contributed by atoms with E-state index in [9.17, 15) is 4.39 Å². The Kier molecular flexibility index (Phi) is 3.40. The van der Waals surface area contributed by atoms with Gasteiger partial charge in [-0.2, -0.15) is 4.39 Å². The van der Waals surface area contributed by atoms with E-state index in [4.69, 9.17) is 4.74 Å². The molecule has 104 valence electrons. The SMILES string of the molecule is CC1(c2ccccc2)CN(c2cccc(F)n2)CCO1. The van der Waals surface area contributed by atoms with E-state index in [-0.39, 0.29) is 0 Å². The highest BCUT2D eigenvalue weighted by Gasteiger charge is 2.34. The van der Waals surface area contributed by atoms with Crippen LogP contribution in [0.15, 0.2) is 48.5 Å². The molecule has 1 fully saturated rings. The largest absolute Gasteiger partial charge is 0.367 e. The fraction of sp³-hybridized carbons (Fsp3) is 0.312. The highest BCUT2D eigenvalue weighted by Crippen LogP contribution is 2.31. The number of anilines is 1. The van der Waals surface area contributed by atoms with Crippen LogP contribution in [0.25, 0.3) is 0 Å². The van der Waals surface area contributed by atoms with Gasteiger partial charge in [-0.1, -0.05) is 36.4 Å². The zero-order valence-corrected chi connectivity index (χ0v) is 11.4. The first-order valence-electron chi connectivity index (χ1n) is 6.74. The van der Waals surface area contributed by atoms with Gasteiger partial charge in [0.15, 0.2) is 0 Å². The topological polar surface area (TPSA) is 25.4 Å². The number of hydrogen-bond donors (Lipinski definition) is 0. The first kappa shape index (κ1) is 13.1. The molecule has 2 heterocycles. The van der Waals surface area contributed by atoms with E-state index in [1.54, 1.807) is 6.07 Å². The third kappa shape index (κ3) is 2.51. The van der Waals surface area contributed by atoms with Crippen molar-refractivity contribution in [3.8, 4) is 0 Å². The van der Waals surface area contributed by atoms with Crippen LogP contribution in [0, 0.1) is 5.95 Å². The van der Waals surface area contributed by atoms with E-state index in [1.165, 1.54) is 6.07 Å². The Morgan fingerprint density at radius 2 is 1.95 bits per heavy atom. The Hall–Kier alpha value is -1.94. The summed E-state index contributed by atoms with van der Waals surface area (Å²) >= 11 is 0. The van der Waals surface area contributed by atoms with Gasteiger partial charge in [-0.25, -0.2) is 4.98 Å². The first-order valence-corrected chi connectivity index (χ1v) is 6.74. The fourth-order valence-electron chi connectivity index (χ4n) is 2.60. The monoisotopic (exact) mass is 272 g/mol. The van der Waals surface area contributed by atoms with Crippen LogP contribution in [-0.2, 0) is 10.3 Å². The van der Waals surface area contributed by atoms with E-state index >= 15 is 0 Å². The minimum Gasteiger partial charge on any atom is -0.367 e. The summed E-state index contributed by atoms with van der Waals surface area (Å²) in [7, 11) is 0. The van der Waals surface area contributed by atoms with Crippen LogP contribution in [0.1, 0.15) is 12.5 Å². The molecule has 1 aliphatic heterocycles. The van der Waals surface area contributed by atoms with E-state index in [1.807, 2.05) is 24.3 Å². The Morgan fingerprint density at radius 1 is 1.15 bits per heavy atom. The average molecular weight is 272 g/mol. The summed E-state index contributed by atoms with van der Waals surface area (Å²) in [6.45, 7) is 4.05. The van der Waals surface area contributed by atoms with Gasteiger partial charge in [0.05, 0.1) is 13.2 Å². The van der Waals surface area contributed by atoms with Gasteiger partial charge in [-0.15, -0.1) is 0 Å². The second-order valence-corrected chi connectivity index (χ2v) is 5.19. The minimum atomic E-state index is -0.449. The Bertz CT molecular complexity index is 590. The van der Waals surface area contributed by atoms with Gasteiger partial charge < -0.3 is 9.64 Å². The van der Waals surface area contributed by atoms with Crippen molar-refractivity contribution in [2.45, 2.75) is 12.5 Å². The molecule has 4 heteroatoms. The van der Waals surface area contributed by atoms with Crippen LogP contribution in [0.3, 0.4) is 0 Å². The van der Waals surface area contributed by atoms with Crippen LogP contribution < -0.4 is 4.90 Å². The lowest BCUT2D eigenvalue weighted by atomic mass is 9.94. The summed E-state index contributed by atoms with van der Waals surface area (Å²) in [5.74, 6) is 0.214. The highest BCUT2D eigenvalue weighted by molar-refractivity contribution is 5.40. The highest BCUT2D eigenvalue weighted by atomic mass is 19.1. The molecule has 1 unspecified atom stereocenters. The first-order chi connectivity index (χ1) is 9.67. The van der Waals surface area contributed by atoms with Gasteiger partial charge in [0.25, 0.3) is 0 Å². The quantitative estimate of drug-likeness (QED) is 0.786. The van der Waals surface area contributed by atoms with Crippen molar-refractivity contribution >= 4 is 5.82 Å². The molecule has 1 saturated heterocycles. The number of halogens is 1. The summed E-state index contributed by atoms with van der Waals surface area (Å²) in [5.41, 5.74) is 0.731. The number of morpholine rings is 1. The molecule has 0 radical (unpaired) electrons. The van der Waals surface area contributed by atoms with Gasteiger partial charge in [0.2, 0.25) is 5.95 Å². The van der Waals surface area contributed by atoms with Crippen molar-refractivity contribution in [2.24, 2.45) is 0 Å². The normalized spacial score (nSPS) is 22.8. The molecule has 1 atom stereocenters. The summed E-state index contributed by atoms with van der Waals surface area (Å²) in [6.07, 6.45) is 0. The molecule has 1 aromatic carbocycles. The fourth-order valence-corrected chi connectivity index (χ4v) is 2.60. The molecule has 20 heavy (non-hydrogen) atoms. The van der Waals surface area contributed by atoms with Crippen molar-refractivity contribution in [2.75, 3.05) is 24.6 Å². The number of nitrogens with zero attached hydrogens (tertiary/aromatic N) is 2. The Labute approximate surface area is 118 Å². The van der Waals surface area contributed by atoms with Crippen molar-refractivity contribution in [3.05, 3.63) is 60.0 Å². The molecule has 3 nitrogen and oxygen atoms in total. The van der Waals surface area contributed by atoms with Crippen LogP contribution >= 0.6 is 0 Å². The minimum absolute atomic E-state index is 0.395. The second kappa shape index (κ2) is 5.21. The van der Waals surface area contributed by atoms with Gasteiger partial charge in [0.1, 0.15) is 11.4 Å². The molecule has 0 saturated carbocycles. The van der Waals surface area contributed by atoms with Crippen LogP contribution in [0.4, 0.5) is 10.2 Å². The Balaban J connectivity index is 1.87. The Morgan fingerprint density at radius 3 is 2.70 bits per heavy atom. The van der Waals surface area contributed by atoms with Gasteiger partial charge in [0, 0.05) is 6.54 Å². The summed E-state index contributed by atoms with van der Waals surface area (Å²) in [5, 5.41) is 0. The van der Waals surface area contributed by atoms with E-state index in [0.717, 1.165) is 12.1 Å². The molecular formula is C16H17FN2O. The van der Waals surface area contributed by atoms with Crippen LogP contribution in [0.2, 0.25) is 0 Å². The molecule has 0 bridgehead atoms. The molecule has 0 spiro atoms. The maximum Gasteiger partial charge on any atom is 0.214 e. The van der Waals surface area contributed by atoms with Crippen molar-refractivity contribution < 1.29 is 9.13 Å². The van der Waals surface area contributed by atoms with Gasteiger partial charge in [-0.3, -0.25) is 0 Å². The number of rotatable bonds is 2.